The molecular weight excluding hydrogens is 194 g/mol. The normalized spacial score (nSPS) is 14.5. The summed E-state index contributed by atoms with van der Waals surface area (Å²) in [5, 5.41) is 7.65. The summed E-state index contributed by atoms with van der Waals surface area (Å²) in [6.45, 7) is 2.10. The molecule has 0 saturated heterocycles. The Labute approximate surface area is 86.9 Å². The number of nitrogens with one attached hydrogen (secondary N) is 1. The Kier molecular flexibility index (Phi) is 2.28. The lowest BCUT2D eigenvalue weighted by Gasteiger charge is -2.27. The van der Waals surface area contributed by atoms with Crippen molar-refractivity contribution in [2.24, 2.45) is 16.5 Å². The van der Waals surface area contributed by atoms with Gasteiger partial charge in [0.15, 0.2) is 5.96 Å². The molecule has 0 amide bonds. The van der Waals surface area contributed by atoms with Gasteiger partial charge in [-0.25, -0.2) is 4.98 Å². The maximum absolute atomic E-state index is 7.65. The predicted molar refractivity (Wildman–Crippen MR) is 56.2 cm³/mol. The maximum atomic E-state index is 7.65. The second-order valence-corrected chi connectivity index (χ2v) is 3.32. The van der Waals surface area contributed by atoms with Crippen LogP contribution in [0, 0.1) is 5.41 Å². The van der Waals surface area contributed by atoms with E-state index in [0.717, 1.165) is 18.9 Å². The summed E-state index contributed by atoms with van der Waals surface area (Å²) < 4.78 is 2.05. The lowest BCUT2D eigenvalue weighted by Crippen LogP contribution is -2.38. The third kappa shape index (κ3) is 1.90. The van der Waals surface area contributed by atoms with Crippen LogP contribution >= 0.6 is 0 Å². The molecule has 1 aromatic rings. The number of nitrogens with two attached hydrogens (primary N) is 2. The molecule has 15 heavy (non-hydrogen) atoms. The van der Waals surface area contributed by atoms with E-state index in [9.17, 15) is 0 Å². The third-order valence-electron chi connectivity index (χ3n) is 2.28. The summed E-state index contributed by atoms with van der Waals surface area (Å²) >= 11 is 0. The highest BCUT2D eigenvalue weighted by Crippen LogP contribution is 2.10. The Bertz CT molecular complexity index is 401. The minimum Gasteiger partial charge on any atom is -0.370 e. The molecule has 1 aliphatic heterocycles. The van der Waals surface area contributed by atoms with Crippen LogP contribution in [-0.4, -0.2) is 32.9 Å². The van der Waals surface area contributed by atoms with Gasteiger partial charge in [0.1, 0.15) is 5.82 Å². The molecule has 0 aromatic carbocycles. The first kappa shape index (κ1) is 9.50. The molecule has 1 aliphatic rings. The Morgan fingerprint density at radius 3 is 3.00 bits per heavy atom. The highest BCUT2D eigenvalue weighted by atomic mass is 15.3. The molecule has 2 rings (SSSR count). The van der Waals surface area contributed by atoms with Crippen LogP contribution < -0.4 is 11.5 Å². The van der Waals surface area contributed by atoms with E-state index in [1.165, 1.54) is 0 Å². The van der Waals surface area contributed by atoms with Gasteiger partial charge in [-0.05, 0) is 0 Å². The van der Waals surface area contributed by atoms with E-state index in [0.29, 0.717) is 6.54 Å². The van der Waals surface area contributed by atoms with Gasteiger partial charge < -0.3 is 20.9 Å². The van der Waals surface area contributed by atoms with Gasteiger partial charge in [-0.15, -0.1) is 0 Å². The van der Waals surface area contributed by atoms with Gasteiger partial charge in [-0.3, -0.25) is 5.41 Å². The fourth-order valence-corrected chi connectivity index (χ4v) is 1.55. The van der Waals surface area contributed by atoms with Crippen molar-refractivity contribution in [2.45, 2.75) is 13.1 Å². The number of imidazole rings is 1. The summed E-state index contributed by atoms with van der Waals surface area (Å²) in [6, 6.07) is 0. The number of hydrogen-bond acceptors (Lipinski definition) is 2. The van der Waals surface area contributed by atoms with Crippen LogP contribution in [0.2, 0.25) is 0 Å². The van der Waals surface area contributed by atoms with Gasteiger partial charge in [0.2, 0.25) is 5.96 Å². The Morgan fingerprint density at radius 2 is 2.27 bits per heavy atom. The number of nitrogens with zero attached hydrogens (tertiary/aromatic N) is 4. The van der Waals surface area contributed by atoms with Crippen LogP contribution in [0.15, 0.2) is 17.4 Å². The van der Waals surface area contributed by atoms with Crippen LogP contribution in [0.3, 0.4) is 0 Å². The molecule has 7 heteroatoms. The molecule has 0 radical (unpaired) electrons. The largest absolute Gasteiger partial charge is 0.370 e. The molecule has 80 valence electrons. The standard InChI is InChI=1S/C8H13N7/c9-7(10)13-8(11)15-4-3-14-2-1-12-6(14)5-15/h1-2H,3-5H2,(H5,9,10,11,13). The Hall–Kier alpha value is -2.05. The zero-order valence-electron chi connectivity index (χ0n) is 8.22. The number of rotatable bonds is 0. The summed E-state index contributed by atoms with van der Waals surface area (Å²) in [7, 11) is 0. The lowest BCUT2D eigenvalue weighted by atomic mass is 10.4. The average molecular weight is 207 g/mol. The Balaban J connectivity index is 2.10. The zero-order valence-corrected chi connectivity index (χ0v) is 8.22. The Morgan fingerprint density at radius 1 is 1.47 bits per heavy atom. The lowest BCUT2D eigenvalue weighted by molar-refractivity contribution is 0.325. The summed E-state index contributed by atoms with van der Waals surface area (Å²) in [5.74, 6) is 0.926. The number of aliphatic imine (C=N–C) groups is 1. The van der Waals surface area contributed by atoms with Crippen molar-refractivity contribution in [2.75, 3.05) is 6.54 Å². The van der Waals surface area contributed by atoms with Crippen molar-refractivity contribution in [3.8, 4) is 0 Å². The third-order valence-corrected chi connectivity index (χ3v) is 2.28. The quantitative estimate of drug-likeness (QED) is 0.371. The molecule has 1 aromatic heterocycles. The molecule has 0 bridgehead atoms. The van der Waals surface area contributed by atoms with Gasteiger partial charge >= 0.3 is 0 Å². The number of fused-ring (bicyclic) bond motifs is 1. The molecule has 2 heterocycles. The van der Waals surface area contributed by atoms with Crippen LogP contribution in [0.4, 0.5) is 0 Å². The molecule has 0 aliphatic carbocycles. The number of guanidine groups is 2. The maximum Gasteiger partial charge on any atom is 0.221 e. The molecule has 0 atom stereocenters. The van der Waals surface area contributed by atoms with Crippen LogP contribution in [0.25, 0.3) is 0 Å². The number of aromatic nitrogens is 2. The molecule has 7 nitrogen and oxygen atoms in total. The smallest absolute Gasteiger partial charge is 0.221 e. The second-order valence-electron chi connectivity index (χ2n) is 3.32. The fraction of sp³-hybridized carbons (Fsp3) is 0.375. The van der Waals surface area contributed by atoms with Crippen molar-refractivity contribution < 1.29 is 0 Å². The summed E-state index contributed by atoms with van der Waals surface area (Å²) in [4.78, 5) is 9.66. The van der Waals surface area contributed by atoms with Gasteiger partial charge in [0.05, 0.1) is 6.54 Å². The van der Waals surface area contributed by atoms with Gasteiger partial charge in [-0.1, -0.05) is 0 Å². The second kappa shape index (κ2) is 3.60. The van der Waals surface area contributed by atoms with E-state index < -0.39 is 0 Å². The van der Waals surface area contributed by atoms with E-state index >= 15 is 0 Å². The van der Waals surface area contributed by atoms with Crippen molar-refractivity contribution in [3.05, 3.63) is 18.2 Å². The molecule has 0 saturated carbocycles. The van der Waals surface area contributed by atoms with Crippen molar-refractivity contribution in [3.63, 3.8) is 0 Å². The molecule has 5 N–H and O–H groups in total. The molecular formula is C8H13N7. The first-order valence-corrected chi connectivity index (χ1v) is 4.60. The number of hydrogen-bond donors (Lipinski definition) is 3. The molecule has 0 unspecified atom stereocenters. The van der Waals surface area contributed by atoms with Crippen molar-refractivity contribution in [1.82, 2.24) is 14.5 Å². The first-order valence-electron chi connectivity index (χ1n) is 4.60. The highest BCUT2D eigenvalue weighted by Gasteiger charge is 2.18. The average Bonchev–Trinajstić information content (AvgIpc) is 2.62. The van der Waals surface area contributed by atoms with Gasteiger partial charge in [-0.2, -0.15) is 4.99 Å². The van der Waals surface area contributed by atoms with E-state index in [-0.39, 0.29) is 11.9 Å². The van der Waals surface area contributed by atoms with Crippen LogP contribution in [0.5, 0.6) is 0 Å². The first-order chi connectivity index (χ1) is 7.16. The zero-order chi connectivity index (χ0) is 10.8. The SMILES string of the molecule is N=C(N=C(N)N)N1CCn2ccnc2C1. The van der Waals surface area contributed by atoms with E-state index in [1.54, 1.807) is 11.1 Å². The van der Waals surface area contributed by atoms with Gasteiger partial charge in [0.25, 0.3) is 0 Å². The monoisotopic (exact) mass is 207 g/mol. The molecule has 0 fully saturated rings. The fourth-order valence-electron chi connectivity index (χ4n) is 1.55. The topological polar surface area (TPSA) is 109 Å². The minimum absolute atomic E-state index is 0.0873. The van der Waals surface area contributed by atoms with Crippen LogP contribution in [0.1, 0.15) is 5.82 Å². The van der Waals surface area contributed by atoms with Gasteiger partial charge in [0, 0.05) is 25.5 Å². The van der Waals surface area contributed by atoms with E-state index in [4.69, 9.17) is 16.9 Å². The van der Waals surface area contributed by atoms with Crippen molar-refractivity contribution >= 4 is 11.9 Å². The minimum atomic E-state index is -0.0890. The summed E-state index contributed by atoms with van der Waals surface area (Å²) in [6.07, 6.45) is 3.68. The summed E-state index contributed by atoms with van der Waals surface area (Å²) in [5.41, 5.74) is 10.4. The predicted octanol–water partition coefficient (Wildman–Crippen LogP) is -1.09. The van der Waals surface area contributed by atoms with E-state index in [2.05, 4.69) is 14.5 Å². The van der Waals surface area contributed by atoms with Crippen molar-refractivity contribution in [1.29, 1.82) is 5.41 Å². The van der Waals surface area contributed by atoms with E-state index in [1.807, 2.05) is 6.20 Å². The highest BCUT2D eigenvalue weighted by molar-refractivity contribution is 5.91. The van der Waals surface area contributed by atoms with Crippen LogP contribution in [-0.2, 0) is 13.1 Å². The molecule has 0 spiro atoms.